The number of amides is 1. The normalized spacial score (nSPS) is 14.8. The van der Waals surface area contributed by atoms with E-state index in [1.807, 2.05) is 37.3 Å². The summed E-state index contributed by atoms with van der Waals surface area (Å²) in [6.45, 7) is 5.99. The summed E-state index contributed by atoms with van der Waals surface area (Å²) in [5, 5.41) is 3.22. The van der Waals surface area contributed by atoms with Crippen molar-refractivity contribution in [3.05, 3.63) is 87.7 Å². The van der Waals surface area contributed by atoms with Crippen LogP contribution >= 0.6 is 11.8 Å². The Morgan fingerprint density at radius 2 is 2.06 bits per heavy atom. The Bertz CT molecular complexity index is 1250. The fourth-order valence-electron chi connectivity index (χ4n) is 3.90. The monoisotopic (exact) mass is 463 g/mol. The SMILES string of the molecule is C=CCOc1c(OC)cccc1[C@H]1CC(=O)Nc2nc(SCc3cccc(C)c3)[nH]c(=O)c21. The van der Waals surface area contributed by atoms with E-state index >= 15 is 0 Å². The molecule has 7 nitrogen and oxygen atoms in total. The number of benzene rings is 2. The number of thioether (sulfide) groups is 1. The highest BCUT2D eigenvalue weighted by Crippen LogP contribution is 2.42. The van der Waals surface area contributed by atoms with Crippen LogP contribution in [0.1, 0.15) is 34.6 Å². The van der Waals surface area contributed by atoms with Gasteiger partial charge in [0.1, 0.15) is 12.4 Å². The molecule has 0 radical (unpaired) electrons. The molecule has 33 heavy (non-hydrogen) atoms. The number of para-hydroxylation sites is 1. The van der Waals surface area contributed by atoms with E-state index in [9.17, 15) is 9.59 Å². The Morgan fingerprint density at radius 1 is 1.24 bits per heavy atom. The number of aromatic amines is 1. The zero-order valence-corrected chi connectivity index (χ0v) is 19.3. The van der Waals surface area contributed by atoms with E-state index in [1.54, 1.807) is 19.3 Å². The second-order valence-corrected chi connectivity index (χ2v) is 8.66. The molecule has 0 saturated heterocycles. The molecule has 1 aliphatic rings. The quantitative estimate of drug-likeness (QED) is 0.292. The van der Waals surface area contributed by atoms with E-state index in [0.29, 0.717) is 33.5 Å². The van der Waals surface area contributed by atoms with E-state index < -0.39 is 5.92 Å². The van der Waals surface area contributed by atoms with E-state index in [-0.39, 0.29) is 30.3 Å². The first-order valence-electron chi connectivity index (χ1n) is 10.5. The van der Waals surface area contributed by atoms with Crippen LogP contribution in [0.15, 0.2) is 65.1 Å². The molecule has 1 aliphatic heterocycles. The first kappa shape index (κ1) is 22.7. The maximum absolute atomic E-state index is 13.2. The number of fused-ring (bicyclic) bond motifs is 1. The first-order valence-corrected chi connectivity index (χ1v) is 11.5. The molecule has 170 valence electrons. The lowest BCUT2D eigenvalue weighted by atomic mass is 9.86. The van der Waals surface area contributed by atoms with Crippen molar-refractivity contribution in [3.63, 3.8) is 0 Å². The number of aryl methyl sites for hydroxylation is 1. The summed E-state index contributed by atoms with van der Waals surface area (Å²) in [6, 6.07) is 13.6. The highest BCUT2D eigenvalue weighted by atomic mass is 32.2. The van der Waals surface area contributed by atoms with Crippen molar-refractivity contribution in [2.75, 3.05) is 19.0 Å². The number of ether oxygens (including phenoxy) is 2. The number of nitrogens with zero attached hydrogens (tertiary/aromatic N) is 1. The minimum atomic E-state index is -0.518. The second-order valence-electron chi connectivity index (χ2n) is 7.69. The van der Waals surface area contributed by atoms with Crippen LogP contribution in [0, 0.1) is 6.92 Å². The summed E-state index contributed by atoms with van der Waals surface area (Å²) in [5.74, 6) is 1.22. The zero-order valence-electron chi connectivity index (χ0n) is 18.5. The minimum absolute atomic E-state index is 0.102. The molecule has 1 atom stereocenters. The molecule has 8 heteroatoms. The summed E-state index contributed by atoms with van der Waals surface area (Å²) in [4.78, 5) is 33.2. The van der Waals surface area contributed by atoms with Crippen molar-refractivity contribution in [1.29, 1.82) is 0 Å². The first-order chi connectivity index (χ1) is 16.0. The van der Waals surface area contributed by atoms with Gasteiger partial charge in [0.05, 0.1) is 12.7 Å². The third kappa shape index (κ3) is 4.96. The van der Waals surface area contributed by atoms with Gasteiger partial charge in [0.2, 0.25) is 5.91 Å². The number of carbonyl (C=O) groups is 1. The summed E-state index contributed by atoms with van der Waals surface area (Å²) in [7, 11) is 1.55. The van der Waals surface area contributed by atoms with Gasteiger partial charge in [0, 0.05) is 23.7 Å². The molecule has 0 fully saturated rings. The Hall–Kier alpha value is -3.52. The summed E-state index contributed by atoms with van der Waals surface area (Å²) >= 11 is 1.41. The number of H-pyrrole nitrogens is 1. The molecule has 2 N–H and O–H groups in total. The molecule has 0 aliphatic carbocycles. The third-order valence-electron chi connectivity index (χ3n) is 5.34. The number of carbonyl (C=O) groups excluding carboxylic acids is 1. The van der Waals surface area contributed by atoms with E-state index in [4.69, 9.17) is 9.47 Å². The Labute approximate surface area is 196 Å². The number of nitrogens with one attached hydrogen (secondary N) is 2. The van der Waals surface area contributed by atoms with Gasteiger partial charge < -0.3 is 19.8 Å². The predicted molar refractivity (Wildman–Crippen MR) is 129 cm³/mol. The Kier molecular flexibility index (Phi) is 6.84. The molecule has 0 bridgehead atoms. The predicted octanol–water partition coefficient (Wildman–Crippen LogP) is 4.42. The fraction of sp³-hybridized carbons (Fsp3) is 0.240. The average molecular weight is 464 g/mol. The lowest BCUT2D eigenvalue weighted by molar-refractivity contribution is -0.116. The van der Waals surface area contributed by atoms with Crippen LogP contribution in [-0.4, -0.2) is 29.6 Å². The molecular formula is C25H25N3O4S. The summed E-state index contributed by atoms with van der Waals surface area (Å²) < 4.78 is 11.3. The Morgan fingerprint density at radius 3 is 2.82 bits per heavy atom. The molecule has 0 saturated carbocycles. The van der Waals surface area contributed by atoms with Gasteiger partial charge in [-0.3, -0.25) is 9.59 Å². The molecular weight excluding hydrogens is 438 g/mol. The lowest BCUT2D eigenvalue weighted by Gasteiger charge is -2.26. The number of methoxy groups -OCH3 is 1. The highest BCUT2D eigenvalue weighted by Gasteiger charge is 2.33. The minimum Gasteiger partial charge on any atom is -0.493 e. The van der Waals surface area contributed by atoms with Crippen molar-refractivity contribution < 1.29 is 14.3 Å². The summed E-state index contributed by atoms with van der Waals surface area (Å²) in [6.07, 6.45) is 1.73. The largest absolute Gasteiger partial charge is 0.493 e. The van der Waals surface area contributed by atoms with Crippen LogP contribution in [0.5, 0.6) is 11.5 Å². The van der Waals surface area contributed by atoms with E-state index in [2.05, 4.69) is 27.9 Å². The molecule has 4 rings (SSSR count). The smallest absolute Gasteiger partial charge is 0.257 e. The number of anilines is 1. The lowest BCUT2D eigenvalue weighted by Crippen LogP contribution is -2.31. The molecule has 1 amide bonds. The van der Waals surface area contributed by atoms with Crippen molar-refractivity contribution in [1.82, 2.24) is 9.97 Å². The standard InChI is InChI=1S/C25H25N3O4S/c1-4-11-32-22-17(9-6-10-19(22)31-3)18-13-20(29)26-23-21(18)24(30)28-25(27-23)33-14-16-8-5-7-15(2)12-16/h4-10,12,18H,1,11,13-14H2,2-3H3,(H2,26,27,28,29,30)/t18-/m1/s1. The van der Waals surface area contributed by atoms with Crippen LogP contribution in [-0.2, 0) is 10.5 Å². The van der Waals surface area contributed by atoms with Gasteiger partial charge in [-0.25, -0.2) is 4.98 Å². The molecule has 2 heterocycles. The molecule has 1 aromatic heterocycles. The second kappa shape index (κ2) is 9.95. The van der Waals surface area contributed by atoms with Gasteiger partial charge in [-0.2, -0.15) is 0 Å². The molecule has 0 unspecified atom stereocenters. The van der Waals surface area contributed by atoms with Crippen LogP contribution in [0.2, 0.25) is 0 Å². The number of aromatic nitrogens is 2. The van der Waals surface area contributed by atoms with Crippen LogP contribution in [0.25, 0.3) is 0 Å². The number of rotatable bonds is 8. The topological polar surface area (TPSA) is 93.3 Å². The van der Waals surface area contributed by atoms with Gasteiger partial charge in [-0.15, -0.1) is 0 Å². The van der Waals surface area contributed by atoms with Crippen LogP contribution < -0.4 is 20.3 Å². The van der Waals surface area contributed by atoms with Gasteiger partial charge in [-0.1, -0.05) is 66.4 Å². The number of hydrogen-bond acceptors (Lipinski definition) is 6. The van der Waals surface area contributed by atoms with Gasteiger partial charge in [0.25, 0.3) is 5.56 Å². The molecule has 0 spiro atoms. The maximum atomic E-state index is 13.2. The van der Waals surface area contributed by atoms with Crippen molar-refractivity contribution in [2.45, 2.75) is 30.2 Å². The average Bonchev–Trinajstić information content (AvgIpc) is 2.80. The third-order valence-corrected chi connectivity index (χ3v) is 6.28. The Balaban J connectivity index is 1.70. The molecule has 2 aromatic carbocycles. The van der Waals surface area contributed by atoms with E-state index in [1.165, 1.54) is 17.3 Å². The van der Waals surface area contributed by atoms with Crippen LogP contribution in [0.4, 0.5) is 5.82 Å². The fourth-order valence-corrected chi connectivity index (χ4v) is 4.71. The van der Waals surface area contributed by atoms with Crippen molar-refractivity contribution in [3.8, 4) is 11.5 Å². The van der Waals surface area contributed by atoms with E-state index in [0.717, 1.165) is 5.56 Å². The number of hydrogen-bond donors (Lipinski definition) is 2. The van der Waals surface area contributed by atoms with Gasteiger partial charge in [0.15, 0.2) is 16.7 Å². The highest BCUT2D eigenvalue weighted by molar-refractivity contribution is 7.98. The van der Waals surface area contributed by atoms with Crippen molar-refractivity contribution >= 4 is 23.5 Å². The summed E-state index contributed by atoms with van der Waals surface area (Å²) in [5.41, 5.74) is 3.12. The maximum Gasteiger partial charge on any atom is 0.257 e. The zero-order chi connectivity index (χ0) is 23.4. The van der Waals surface area contributed by atoms with Gasteiger partial charge in [-0.05, 0) is 18.6 Å². The molecule has 3 aromatic rings. The van der Waals surface area contributed by atoms with Crippen LogP contribution in [0.3, 0.4) is 0 Å². The van der Waals surface area contributed by atoms with Gasteiger partial charge >= 0.3 is 0 Å². The van der Waals surface area contributed by atoms with Crippen molar-refractivity contribution in [2.24, 2.45) is 0 Å².